The Kier molecular flexibility index (Phi) is 5.18. The molecule has 0 aliphatic heterocycles. The normalized spacial score (nSPS) is 12.2. The van der Waals surface area contributed by atoms with Gasteiger partial charge in [0.15, 0.2) is 0 Å². The van der Waals surface area contributed by atoms with Gasteiger partial charge in [-0.1, -0.05) is 6.07 Å². The number of rotatable bonds is 5. The number of carbonyl (C=O) groups is 1. The van der Waals surface area contributed by atoms with E-state index in [1.54, 1.807) is 26.2 Å². The maximum Gasteiger partial charge on any atom is 0.261 e. The Bertz CT molecular complexity index is 611. The minimum absolute atomic E-state index is 0.0576. The van der Waals surface area contributed by atoms with Crippen molar-refractivity contribution in [2.24, 2.45) is 0 Å². The Labute approximate surface area is 123 Å². The van der Waals surface area contributed by atoms with E-state index in [0.717, 1.165) is 0 Å². The number of ether oxygens (including phenoxy) is 1. The lowest BCUT2D eigenvalue weighted by Gasteiger charge is -2.23. The number of methoxy groups -OCH3 is 1. The fourth-order valence-corrected chi connectivity index (χ4v) is 2.69. The second kappa shape index (κ2) is 6.11. The number of nitrogens with one attached hydrogen (secondary N) is 1. The maximum atomic E-state index is 12.0. The van der Waals surface area contributed by atoms with E-state index in [1.165, 1.54) is 6.07 Å². The Morgan fingerprint density at radius 1 is 1.40 bits per heavy atom. The van der Waals surface area contributed by atoms with Crippen LogP contribution in [0.1, 0.15) is 29.8 Å². The highest BCUT2D eigenvalue weighted by Gasteiger charge is 2.20. The molecule has 112 valence electrons. The summed E-state index contributed by atoms with van der Waals surface area (Å²) in [6.45, 7) is 5.58. The lowest BCUT2D eigenvalue weighted by Crippen LogP contribution is -2.39. The first kappa shape index (κ1) is 16.9. The molecule has 0 radical (unpaired) electrons. The van der Waals surface area contributed by atoms with Gasteiger partial charge in [0.1, 0.15) is 0 Å². The quantitative estimate of drug-likeness (QED) is 0.843. The first-order chi connectivity index (χ1) is 9.07. The summed E-state index contributed by atoms with van der Waals surface area (Å²) in [6, 6.07) is 4.37. The number of benzene rings is 1. The van der Waals surface area contributed by atoms with Gasteiger partial charge >= 0.3 is 0 Å². The van der Waals surface area contributed by atoms with Gasteiger partial charge in [0, 0.05) is 29.9 Å². The Morgan fingerprint density at radius 3 is 2.50 bits per heavy atom. The summed E-state index contributed by atoms with van der Waals surface area (Å²) in [7, 11) is 3.01. The van der Waals surface area contributed by atoms with Crippen molar-refractivity contribution in [3.05, 3.63) is 29.3 Å². The van der Waals surface area contributed by atoms with Crippen LogP contribution < -0.4 is 5.32 Å². The fraction of sp³-hybridized carbons (Fsp3) is 0.462. The van der Waals surface area contributed by atoms with Crippen molar-refractivity contribution >= 4 is 25.6 Å². The van der Waals surface area contributed by atoms with Gasteiger partial charge < -0.3 is 10.1 Å². The van der Waals surface area contributed by atoms with Crippen LogP contribution in [0.3, 0.4) is 0 Å². The standard InChI is InChI=1S/C13H18ClNO4S/c1-9-5-6-10(7-11(9)20(14,17)18)12(16)15-8-13(2,3)19-4/h5-7H,8H2,1-4H3,(H,15,16). The largest absolute Gasteiger partial charge is 0.377 e. The Hall–Kier alpha value is -1.11. The van der Waals surface area contributed by atoms with Gasteiger partial charge in [-0.05, 0) is 38.5 Å². The predicted octanol–water partition coefficient (Wildman–Crippen LogP) is 2.08. The van der Waals surface area contributed by atoms with Crippen molar-refractivity contribution in [2.75, 3.05) is 13.7 Å². The SMILES string of the molecule is COC(C)(C)CNC(=O)c1ccc(C)c(S(=O)(=O)Cl)c1. The van der Waals surface area contributed by atoms with E-state index in [1.807, 2.05) is 13.8 Å². The van der Waals surface area contributed by atoms with Crippen molar-refractivity contribution in [3.63, 3.8) is 0 Å². The van der Waals surface area contributed by atoms with Crippen molar-refractivity contribution in [1.29, 1.82) is 0 Å². The van der Waals surface area contributed by atoms with E-state index in [2.05, 4.69) is 5.32 Å². The van der Waals surface area contributed by atoms with Gasteiger partial charge in [-0.2, -0.15) is 0 Å². The van der Waals surface area contributed by atoms with Gasteiger partial charge in [0.25, 0.3) is 15.0 Å². The number of carbonyl (C=O) groups excluding carboxylic acids is 1. The summed E-state index contributed by atoms with van der Waals surface area (Å²) in [4.78, 5) is 11.9. The first-order valence-electron chi connectivity index (χ1n) is 5.95. The average molecular weight is 320 g/mol. The molecule has 0 spiro atoms. The van der Waals surface area contributed by atoms with Crippen molar-refractivity contribution in [3.8, 4) is 0 Å². The fourth-order valence-electron chi connectivity index (χ4n) is 1.47. The molecule has 0 aliphatic rings. The maximum absolute atomic E-state index is 12.0. The van der Waals surface area contributed by atoms with Crippen molar-refractivity contribution < 1.29 is 17.9 Å². The average Bonchev–Trinajstić information content (AvgIpc) is 2.35. The number of hydrogen-bond acceptors (Lipinski definition) is 4. The summed E-state index contributed by atoms with van der Waals surface area (Å²) >= 11 is 0. The zero-order valence-corrected chi connectivity index (χ0v) is 13.4. The van der Waals surface area contributed by atoms with Crippen molar-refractivity contribution in [1.82, 2.24) is 5.32 Å². The van der Waals surface area contributed by atoms with E-state index in [9.17, 15) is 13.2 Å². The molecule has 1 amide bonds. The number of amides is 1. The number of halogens is 1. The molecular formula is C13H18ClNO4S. The third-order valence-electron chi connectivity index (χ3n) is 2.94. The molecule has 0 fully saturated rings. The van der Waals surface area contributed by atoms with Gasteiger partial charge in [-0.25, -0.2) is 8.42 Å². The molecule has 0 saturated carbocycles. The van der Waals surface area contributed by atoms with E-state index in [4.69, 9.17) is 15.4 Å². The highest BCUT2D eigenvalue weighted by atomic mass is 35.7. The zero-order valence-electron chi connectivity index (χ0n) is 11.9. The van der Waals surface area contributed by atoms with Gasteiger partial charge in [-0.3, -0.25) is 4.79 Å². The summed E-state index contributed by atoms with van der Waals surface area (Å²) in [5.74, 6) is -0.378. The highest BCUT2D eigenvalue weighted by Crippen LogP contribution is 2.21. The third kappa shape index (κ3) is 4.47. The van der Waals surface area contributed by atoms with Crippen LogP contribution in [0, 0.1) is 6.92 Å². The molecule has 0 aliphatic carbocycles. The molecule has 0 bridgehead atoms. The van der Waals surface area contributed by atoms with Gasteiger partial charge in [-0.15, -0.1) is 0 Å². The van der Waals surface area contributed by atoms with Crippen LogP contribution >= 0.6 is 10.7 Å². The second-order valence-corrected chi connectivity index (χ2v) is 7.60. The minimum atomic E-state index is -3.87. The molecular weight excluding hydrogens is 302 g/mol. The van der Waals surface area contributed by atoms with Gasteiger partial charge in [0.05, 0.1) is 10.5 Å². The first-order valence-corrected chi connectivity index (χ1v) is 8.26. The van der Waals surface area contributed by atoms with Crippen LogP contribution in [0.15, 0.2) is 23.1 Å². The molecule has 1 aromatic carbocycles. The van der Waals surface area contributed by atoms with Crippen LogP contribution in [0.2, 0.25) is 0 Å². The summed E-state index contributed by atoms with van der Waals surface area (Å²) in [5, 5.41) is 2.69. The van der Waals surface area contributed by atoms with Crippen LogP contribution in [-0.4, -0.2) is 33.6 Å². The molecule has 5 nitrogen and oxygen atoms in total. The molecule has 1 aromatic rings. The third-order valence-corrected chi connectivity index (χ3v) is 4.40. The van der Waals surface area contributed by atoms with Crippen molar-refractivity contribution in [2.45, 2.75) is 31.3 Å². The van der Waals surface area contributed by atoms with Crippen LogP contribution in [0.4, 0.5) is 0 Å². The smallest absolute Gasteiger partial charge is 0.261 e. The summed E-state index contributed by atoms with van der Waals surface area (Å²) < 4.78 is 28.0. The van der Waals surface area contributed by atoms with Crippen LogP contribution in [-0.2, 0) is 13.8 Å². The molecule has 20 heavy (non-hydrogen) atoms. The van der Waals surface area contributed by atoms with Gasteiger partial charge in [0.2, 0.25) is 0 Å². The van der Waals surface area contributed by atoms with E-state index in [0.29, 0.717) is 12.1 Å². The molecule has 0 aromatic heterocycles. The number of hydrogen-bond donors (Lipinski definition) is 1. The Morgan fingerprint density at radius 2 is 2.00 bits per heavy atom. The molecule has 0 heterocycles. The molecule has 0 atom stereocenters. The van der Waals surface area contributed by atoms with E-state index in [-0.39, 0.29) is 16.4 Å². The molecule has 0 saturated heterocycles. The monoisotopic (exact) mass is 319 g/mol. The lowest BCUT2D eigenvalue weighted by molar-refractivity contribution is 0.0228. The predicted molar refractivity (Wildman–Crippen MR) is 77.6 cm³/mol. The summed E-state index contributed by atoms with van der Waals surface area (Å²) in [5.41, 5.74) is 0.234. The molecule has 7 heteroatoms. The Balaban J connectivity index is 2.96. The number of aryl methyl sites for hydroxylation is 1. The molecule has 0 unspecified atom stereocenters. The second-order valence-electron chi connectivity index (χ2n) is 5.06. The molecule has 1 N–H and O–H groups in total. The minimum Gasteiger partial charge on any atom is -0.377 e. The zero-order chi connectivity index (χ0) is 15.6. The molecule has 1 rings (SSSR count). The highest BCUT2D eigenvalue weighted by molar-refractivity contribution is 8.13. The lowest BCUT2D eigenvalue weighted by atomic mass is 10.1. The van der Waals surface area contributed by atoms with E-state index < -0.39 is 14.7 Å². The van der Waals surface area contributed by atoms with Crippen LogP contribution in [0.25, 0.3) is 0 Å². The summed E-state index contributed by atoms with van der Waals surface area (Å²) in [6.07, 6.45) is 0. The van der Waals surface area contributed by atoms with E-state index >= 15 is 0 Å². The topological polar surface area (TPSA) is 72.5 Å². The van der Waals surface area contributed by atoms with Crippen LogP contribution in [0.5, 0.6) is 0 Å².